The molecule has 1 aliphatic carbocycles. The molecule has 3 rings (SSSR count). The lowest BCUT2D eigenvalue weighted by atomic mass is 9.70. The normalized spacial score (nSPS) is 14.5. The number of hydrogen-bond acceptors (Lipinski definition) is 0. The Morgan fingerprint density at radius 3 is 1.92 bits per heavy atom. The summed E-state index contributed by atoms with van der Waals surface area (Å²) in [5.41, 5.74) is 9.33. The predicted molar refractivity (Wildman–Crippen MR) is 106 cm³/mol. The minimum Gasteiger partial charge on any atom is -0.0654 e. The van der Waals surface area contributed by atoms with Crippen LogP contribution in [0.4, 0.5) is 0 Å². The van der Waals surface area contributed by atoms with Crippen LogP contribution < -0.4 is 0 Å². The fourth-order valence-corrected chi connectivity index (χ4v) is 4.50. The van der Waals surface area contributed by atoms with Crippen molar-refractivity contribution in [3.63, 3.8) is 0 Å². The van der Waals surface area contributed by atoms with Crippen molar-refractivity contribution >= 4 is 0 Å². The molecule has 0 unspecified atom stereocenters. The molecule has 2 aromatic carbocycles. The molecule has 0 aliphatic heterocycles. The third-order valence-corrected chi connectivity index (χ3v) is 5.90. The first-order valence-electron chi connectivity index (χ1n) is 9.91. The number of unbranched alkanes of at least 4 members (excludes halogenated alkanes) is 2. The van der Waals surface area contributed by atoms with Crippen LogP contribution in [0, 0.1) is 6.92 Å². The van der Waals surface area contributed by atoms with Crippen molar-refractivity contribution in [1.29, 1.82) is 0 Å². The van der Waals surface area contributed by atoms with Gasteiger partial charge in [-0.3, -0.25) is 0 Å². The topological polar surface area (TPSA) is 0 Å². The van der Waals surface area contributed by atoms with Crippen LogP contribution in [0.5, 0.6) is 0 Å². The van der Waals surface area contributed by atoms with Crippen LogP contribution >= 0.6 is 0 Å². The molecule has 0 saturated heterocycles. The van der Waals surface area contributed by atoms with Crippen LogP contribution in [0.15, 0.2) is 36.4 Å². The Hall–Kier alpha value is -1.56. The number of aryl methyl sites for hydroxylation is 2. The number of rotatable bonds is 7. The standard InChI is InChI=1S/C24H32/c1-5-8-14-24(15-9-6-2)22-16-18(4)10-12-20(22)21-13-11-19(7-3)17-23(21)24/h10-13,16-17H,5-9,14-15H2,1-4H3. The van der Waals surface area contributed by atoms with Crippen molar-refractivity contribution in [3.8, 4) is 11.1 Å². The summed E-state index contributed by atoms with van der Waals surface area (Å²) < 4.78 is 0. The molecule has 0 bridgehead atoms. The largest absolute Gasteiger partial charge is 0.0654 e. The highest BCUT2D eigenvalue weighted by Crippen LogP contribution is 2.54. The van der Waals surface area contributed by atoms with E-state index < -0.39 is 0 Å². The Balaban J connectivity index is 2.23. The molecular weight excluding hydrogens is 288 g/mol. The molecule has 1 aliphatic rings. The van der Waals surface area contributed by atoms with Crippen molar-refractivity contribution in [3.05, 3.63) is 58.7 Å². The first-order chi connectivity index (χ1) is 11.7. The maximum atomic E-state index is 2.52. The highest BCUT2D eigenvalue weighted by Gasteiger charge is 2.42. The quantitative estimate of drug-likeness (QED) is 0.506. The van der Waals surface area contributed by atoms with Gasteiger partial charge >= 0.3 is 0 Å². The summed E-state index contributed by atoms with van der Waals surface area (Å²) in [6.45, 7) is 9.16. The molecule has 128 valence electrons. The number of hydrogen-bond donors (Lipinski definition) is 0. The van der Waals surface area contributed by atoms with E-state index in [0.29, 0.717) is 0 Å². The molecule has 0 radical (unpaired) electrons. The SMILES string of the molecule is CCCCC1(CCCC)c2cc(C)ccc2-c2ccc(CC)cc21. The summed E-state index contributed by atoms with van der Waals surface area (Å²) >= 11 is 0. The van der Waals surface area contributed by atoms with Crippen molar-refractivity contribution in [2.75, 3.05) is 0 Å². The fourth-order valence-electron chi connectivity index (χ4n) is 4.50. The molecule has 0 heteroatoms. The third kappa shape index (κ3) is 2.81. The Morgan fingerprint density at radius 1 is 0.750 bits per heavy atom. The van der Waals surface area contributed by atoms with Crippen molar-refractivity contribution in [1.82, 2.24) is 0 Å². The summed E-state index contributed by atoms with van der Waals surface area (Å²) in [7, 11) is 0. The number of fused-ring (bicyclic) bond motifs is 3. The Bertz CT molecular complexity index is 700. The molecule has 0 amide bonds. The van der Waals surface area contributed by atoms with Gasteiger partial charge in [0.05, 0.1) is 0 Å². The van der Waals surface area contributed by atoms with Gasteiger partial charge in [-0.15, -0.1) is 0 Å². The van der Waals surface area contributed by atoms with Gasteiger partial charge in [0.15, 0.2) is 0 Å². The first kappa shape index (κ1) is 17.3. The summed E-state index contributed by atoms with van der Waals surface area (Å²) in [5, 5.41) is 0. The van der Waals surface area contributed by atoms with Crippen LogP contribution in [0.3, 0.4) is 0 Å². The van der Waals surface area contributed by atoms with Crippen molar-refractivity contribution < 1.29 is 0 Å². The maximum absolute atomic E-state index is 2.52. The van der Waals surface area contributed by atoms with Crippen LogP contribution in [-0.4, -0.2) is 0 Å². The van der Waals surface area contributed by atoms with E-state index in [2.05, 4.69) is 64.1 Å². The van der Waals surface area contributed by atoms with Crippen molar-refractivity contribution in [2.24, 2.45) is 0 Å². The van der Waals surface area contributed by atoms with Gasteiger partial charge < -0.3 is 0 Å². The van der Waals surface area contributed by atoms with Gasteiger partial charge in [-0.1, -0.05) is 88.4 Å². The van der Waals surface area contributed by atoms with E-state index >= 15 is 0 Å². The van der Waals surface area contributed by atoms with Crippen LogP contribution in [0.2, 0.25) is 0 Å². The lowest BCUT2D eigenvalue weighted by molar-refractivity contribution is 0.414. The van der Waals surface area contributed by atoms with Gasteiger partial charge in [0.25, 0.3) is 0 Å². The molecule has 24 heavy (non-hydrogen) atoms. The second-order valence-electron chi connectivity index (χ2n) is 7.57. The molecular formula is C24H32. The Labute approximate surface area is 148 Å². The van der Waals surface area contributed by atoms with E-state index in [0.717, 1.165) is 6.42 Å². The average Bonchev–Trinajstić information content (AvgIpc) is 2.87. The lowest BCUT2D eigenvalue weighted by Crippen LogP contribution is -2.25. The van der Waals surface area contributed by atoms with Gasteiger partial charge in [-0.05, 0) is 54.0 Å². The van der Waals surface area contributed by atoms with Gasteiger partial charge in [0.1, 0.15) is 0 Å². The summed E-state index contributed by atoms with van der Waals surface area (Å²) in [6.07, 6.45) is 8.88. The summed E-state index contributed by atoms with van der Waals surface area (Å²) in [4.78, 5) is 0. The van der Waals surface area contributed by atoms with E-state index in [1.807, 2.05) is 0 Å². The second kappa shape index (κ2) is 7.13. The van der Waals surface area contributed by atoms with E-state index in [1.54, 1.807) is 11.1 Å². The van der Waals surface area contributed by atoms with E-state index in [4.69, 9.17) is 0 Å². The van der Waals surface area contributed by atoms with Gasteiger partial charge in [-0.2, -0.15) is 0 Å². The first-order valence-corrected chi connectivity index (χ1v) is 9.91. The Kier molecular flexibility index (Phi) is 5.13. The molecule has 0 saturated carbocycles. The maximum Gasteiger partial charge on any atom is 0.0215 e. The molecule has 2 aromatic rings. The van der Waals surface area contributed by atoms with E-state index in [1.165, 1.54) is 60.8 Å². The molecule has 0 spiro atoms. The average molecular weight is 321 g/mol. The van der Waals surface area contributed by atoms with E-state index in [-0.39, 0.29) is 5.41 Å². The zero-order chi connectivity index (χ0) is 17.2. The Morgan fingerprint density at radius 2 is 1.33 bits per heavy atom. The second-order valence-corrected chi connectivity index (χ2v) is 7.57. The van der Waals surface area contributed by atoms with Crippen molar-refractivity contribution in [2.45, 2.75) is 78.1 Å². The van der Waals surface area contributed by atoms with Gasteiger partial charge in [0.2, 0.25) is 0 Å². The molecule has 0 fully saturated rings. The highest BCUT2D eigenvalue weighted by molar-refractivity contribution is 5.81. The van der Waals surface area contributed by atoms with E-state index in [9.17, 15) is 0 Å². The smallest absolute Gasteiger partial charge is 0.0215 e. The fraction of sp³-hybridized carbons (Fsp3) is 0.500. The summed E-state index contributed by atoms with van der Waals surface area (Å²) in [6, 6.07) is 14.4. The minimum absolute atomic E-state index is 0.244. The van der Waals surface area contributed by atoms with Gasteiger partial charge in [0, 0.05) is 5.41 Å². The summed E-state index contributed by atoms with van der Waals surface area (Å²) in [5.74, 6) is 0. The molecule has 0 atom stereocenters. The zero-order valence-electron chi connectivity index (χ0n) is 15.9. The van der Waals surface area contributed by atoms with Crippen LogP contribution in [0.25, 0.3) is 11.1 Å². The van der Waals surface area contributed by atoms with Crippen LogP contribution in [-0.2, 0) is 11.8 Å². The third-order valence-electron chi connectivity index (χ3n) is 5.90. The lowest BCUT2D eigenvalue weighted by Gasteiger charge is -2.33. The molecule has 0 nitrogen and oxygen atoms in total. The minimum atomic E-state index is 0.244. The zero-order valence-corrected chi connectivity index (χ0v) is 15.9. The molecule has 0 heterocycles. The molecule has 0 aromatic heterocycles. The highest BCUT2D eigenvalue weighted by atomic mass is 14.4. The van der Waals surface area contributed by atoms with Crippen LogP contribution in [0.1, 0.15) is 81.5 Å². The number of benzene rings is 2. The van der Waals surface area contributed by atoms with Gasteiger partial charge in [-0.25, -0.2) is 0 Å². The predicted octanol–water partition coefficient (Wildman–Crippen LogP) is 7.20. The molecule has 0 N–H and O–H groups in total. The monoisotopic (exact) mass is 320 g/mol.